The number of carbonyl (C=O) groups excluding carboxylic acids is 2. The van der Waals surface area contributed by atoms with Gasteiger partial charge in [0.1, 0.15) is 5.69 Å². The van der Waals surface area contributed by atoms with E-state index in [2.05, 4.69) is 4.98 Å². The van der Waals surface area contributed by atoms with Crippen LogP contribution in [-0.4, -0.2) is 35.3 Å². The van der Waals surface area contributed by atoms with E-state index in [0.29, 0.717) is 18.7 Å². The monoisotopic (exact) mass is 373 g/mol. The first kappa shape index (κ1) is 19.3. The number of benzene rings is 2. The lowest BCUT2D eigenvalue weighted by atomic mass is 10.1. The molecule has 5 heteroatoms. The van der Waals surface area contributed by atoms with Gasteiger partial charge in [-0.1, -0.05) is 48.5 Å². The Morgan fingerprint density at radius 3 is 2.18 bits per heavy atom. The van der Waals surface area contributed by atoms with Gasteiger partial charge in [-0.3, -0.25) is 14.6 Å². The Morgan fingerprint density at radius 2 is 1.54 bits per heavy atom. The lowest BCUT2D eigenvalue weighted by Gasteiger charge is -2.21. The van der Waals surface area contributed by atoms with Gasteiger partial charge in [-0.25, -0.2) is 0 Å². The minimum atomic E-state index is -0.191. The standard InChI is InChI=1S/C23H23N3O2/c1-3-26(17-18-10-6-4-7-11-18)23(28)21-16-19(14-15-24-21)22(27)25(2)20-12-8-5-9-13-20/h4-16H,3,17H2,1-2H3. The smallest absolute Gasteiger partial charge is 0.272 e. The molecule has 5 nitrogen and oxygen atoms in total. The average Bonchev–Trinajstić information content (AvgIpc) is 2.77. The largest absolute Gasteiger partial charge is 0.333 e. The summed E-state index contributed by atoms with van der Waals surface area (Å²) in [6, 6.07) is 22.4. The molecular formula is C23H23N3O2. The molecule has 0 atom stereocenters. The molecule has 1 aromatic heterocycles. The lowest BCUT2D eigenvalue weighted by molar-refractivity contribution is 0.0746. The highest BCUT2D eigenvalue weighted by atomic mass is 16.2. The number of carbonyl (C=O) groups is 2. The Labute approximate surface area is 165 Å². The van der Waals surface area contributed by atoms with Gasteiger partial charge in [0.25, 0.3) is 11.8 Å². The van der Waals surface area contributed by atoms with Crippen LogP contribution in [0.1, 0.15) is 33.3 Å². The van der Waals surface area contributed by atoms with Crippen LogP contribution in [0, 0.1) is 0 Å². The van der Waals surface area contributed by atoms with Gasteiger partial charge in [0, 0.05) is 37.6 Å². The summed E-state index contributed by atoms with van der Waals surface area (Å²) in [4.78, 5) is 33.2. The Balaban J connectivity index is 1.79. The molecule has 0 aliphatic carbocycles. The van der Waals surface area contributed by atoms with Crippen molar-refractivity contribution >= 4 is 17.5 Å². The van der Waals surface area contributed by atoms with Crippen LogP contribution >= 0.6 is 0 Å². The summed E-state index contributed by atoms with van der Waals surface area (Å²) in [6.07, 6.45) is 1.51. The van der Waals surface area contributed by atoms with E-state index in [0.717, 1.165) is 11.3 Å². The Kier molecular flexibility index (Phi) is 6.17. The van der Waals surface area contributed by atoms with Gasteiger partial charge < -0.3 is 9.80 Å². The highest BCUT2D eigenvalue weighted by Crippen LogP contribution is 2.16. The molecule has 1 heterocycles. The number of hydrogen-bond donors (Lipinski definition) is 0. The fourth-order valence-corrected chi connectivity index (χ4v) is 2.94. The Hall–Kier alpha value is -3.47. The summed E-state index contributed by atoms with van der Waals surface area (Å²) in [5.74, 6) is -0.378. The number of anilines is 1. The fraction of sp³-hybridized carbons (Fsp3) is 0.174. The minimum absolute atomic E-state index is 0.186. The zero-order valence-electron chi connectivity index (χ0n) is 16.1. The molecule has 0 aliphatic heterocycles. The van der Waals surface area contributed by atoms with E-state index in [9.17, 15) is 9.59 Å². The molecule has 0 saturated heterocycles. The third-order valence-corrected chi connectivity index (χ3v) is 4.56. The number of pyridine rings is 1. The summed E-state index contributed by atoms with van der Waals surface area (Å²) >= 11 is 0. The van der Waals surface area contributed by atoms with Crippen LogP contribution in [0.2, 0.25) is 0 Å². The van der Waals surface area contributed by atoms with Gasteiger partial charge in [-0.15, -0.1) is 0 Å². The van der Waals surface area contributed by atoms with E-state index >= 15 is 0 Å². The van der Waals surface area contributed by atoms with Crippen molar-refractivity contribution in [2.24, 2.45) is 0 Å². The number of para-hydroxylation sites is 1. The van der Waals surface area contributed by atoms with Crippen molar-refractivity contribution in [2.45, 2.75) is 13.5 Å². The highest BCUT2D eigenvalue weighted by Gasteiger charge is 2.19. The first-order valence-electron chi connectivity index (χ1n) is 9.22. The van der Waals surface area contributed by atoms with Gasteiger partial charge in [0.05, 0.1) is 0 Å². The zero-order valence-corrected chi connectivity index (χ0v) is 16.1. The molecule has 0 saturated carbocycles. The number of aromatic nitrogens is 1. The Morgan fingerprint density at radius 1 is 0.893 bits per heavy atom. The normalized spacial score (nSPS) is 10.4. The molecule has 0 N–H and O–H groups in total. The van der Waals surface area contributed by atoms with E-state index in [1.54, 1.807) is 29.0 Å². The number of nitrogens with zero attached hydrogens (tertiary/aromatic N) is 3. The summed E-state index contributed by atoms with van der Waals surface area (Å²) in [5, 5.41) is 0. The first-order chi connectivity index (χ1) is 13.6. The van der Waals surface area contributed by atoms with Crippen LogP contribution in [0.15, 0.2) is 79.0 Å². The molecule has 0 aliphatic rings. The van der Waals surface area contributed by atoms with Crippen molar-refractivity contribution < 1.29 is 9.59 Å². The van der Waals surface area contributed by atoms with Gasteiger partial charge in [0.2, 0.25) is 0 Å². The topological polar surface area (TPSA) is 53.5 Å². The van der Waals surface area contributed by atoms with E-state index in [-0.39, 0.29) is 17.5 Å². The maximum Gasteiger partial charge on any atom is 0.272 e. The molecule has 2 amide bonds. The maximum atomic E-state index is 12.9. The van der Waals surface area contributed by atoms with Crippen molar-refractivity contribution in [3.05, 3.63) is 95.8 Å². The molecule has 0 bridgehead atoms. The second kappa shape index (κ2) is 8.95. The van der Waals surface area contributed by atoms with Gasteiger partial charge >= 0.3 is 0 Å². The van der Waals surface area contributed by atoms with Crippen LogP contribution in [0.3, 0.4) is 0 Å². The summed E-state index contributed by atoms with van der Waals surface area (Å²) in [7, 11) is 1.72. The van der Waals surface area contributed by atoms with Crippen LogP contribution in [0.25, 0.3) is 0 Å². The minimum Gasteiger partial charge on any atom is -0.333 e. The molecule has 0 fully saturated rings. The van der Waals surface area contributed by atoms with Crippen molar-refractivity contribution in [1.82, 2.24) is 9.88 Å². The second-order valence-corrected chi connectivity index (χ2v) is 6.43. The quantitative estimate of drug-likeness (QED) is 0.656. The zero-order chi connectivity index (χ0) is 19.9. The average molecular weight is 373 g/mol. The third-order valence-electron chi connectivity index (χ3n) is 4.56. The van der Waals surface area contributed by atoms with Crippen LogP contribution in [0.4, 0.5) is 5.69 Å². The molecule has 28 heavy (non-hydrogen) atoms. The van der Waals surface area contributed by atoms with E-state index in [1.807, 2.05) is 67.6 Å². The van der Waals surface area contributed by atoms with Crippen LogP contribution in [0.5, 0.6) is 0 Å². The maximum absolute atomic E-state index is 12.9. The van der Waals surface area contributed by atoms with Crippen LogP contribution in [-0.2, 0) is 6.54 Å². The molecule has 0 spiro atoms. The predicted octanol–water partition coefficient (Wildman–Crippen LogP) is 4.02. The van der Waals surface area contributed by atoms with E-state index in [4.69, 9.17) is 0 Å². The third kappa shape index (κ3) is 4.43. The molecule has 0 unspecified atom stereocenters. The summed E-state index contributed by atoms with van der Waals surface area (Å²) in [5.41, 5.74) is 2.54. The number of rotatable bonds is 6. The SMILES string of the molecule is CCN(Cc1ccccc1)C(=O)c1cc(C(=O)N(C)c2ccccc2)ccn1. The lowest BCUT2D eigenvalue weighted by Crippen LogP contribution is -2.31. The summed E-state index contributed by atoms with van der Waals surface area (Å²) in [6.45, 7) is 2.98. The van der Waals surface area contributed by atoms with E-state index < -0.39 is 0 Å². The van der Waals surface area contributed by atoms with E-state index in [1.165, 1.54) is 6.20 Å². The van der Waals surface area contributed by atoms with Gasteiger partial charge in [-0.05, 0) is 36.8 Å². The van der Waals surface area contributed by atoms with Crippen molar-refractivity contribution in [1.29, 1.82) is 0 Å². The number of hydrogen-bond acceptors (Lipinski definition) is 3. The number of amides is 2. The highest BCUT2D eigenvalue weighted by molar-refractivity contribution is 6.06. The molecule has 3 rings (SSSR count). The van der Waals surface area contributed by atoms with Crippen molar-refractivity contribution in [3.8, 4) is 0 Å². The Bertz CT molecular complexity index is 942. The van der Waals surface area contributed by atoms with Gasteiger partial charge in [0.15, 0.2) is 0 Å². The van der Waals surface area contributed by atoms with Crippen molar-refractivity contribution in [2.75, 3.05) is 18.5 Å². The van der Waals surface area contributed by atoms with Crippen LogP contribution < -0.4 is 4.90 Å². The molecule has 0 radical (unpaired) electrons. The first-order valence-corrected chi connectivity index (χ1v) is 9.22. The molecule has 3 aromatic rings. The predicted molar refractivity (Wildman–Crippen MR) is 110 cm³/mol. The molecule has 2 aromatic carbocycles. The second-order valence-electron chi connectivity index (χ2n) is 6.43. The molecule has 142 valence electrons. The fourth-order valence-electron chi connectivity index (χ4n) is 2.94. The van der Waals surface area contributed by atoms with Gasteiger partial charge in [-0.2, -0.15) is 0 Å². The molecular weight excluding hydrogens is 350 g/mol. The van der Waals surface area contributed by atoms with Crippen molar-refractivity contribution in [3.63, 3.8) is 0 Å². The summed E-state index contributed by atoms with van der Waals surface area (Å²) < 4.78 is 0.